The highest BCUT2D eigenvalue weighted by atomic mass is 16.6. The number of carbonyl (C=O) groups is 3. The molecule has 1 aliphatic carbocycles. The Morgan fingerprint density at radius 1 is 0.788 bits per heavy atom. The highest BCUT2D eigenvalue weighted by Crippen LogP contribution is 2.37. The van der Waals surface area contributed by atoms with Crippen LogP contribution in [0.3, 0.4) is 0 Å². The fourth-order valence-corrected chi connectivity index (χ4v) is 7.25. The molecule has 4 aromatic rings. The SMILES string of the molecule is CCC1CCC(c2ccc(-c3cnc(-c4ccc(C[C@H](CC(=O)OCc5ccccc5)C(=O)N5CC(C(=O)OC(C)(C)C)C5)cc4)nc3)cc2)CC1. The molecule has 1 aromatic heterocycles. The van der Waals surface area contributed by atoms with Gasteiger partial charge in [-0.25, -0.2) is 9.97 Å². The number of rotatable bonds is 12. The van der Waals surface area contributed by atoms with Gasteiger partial charge in [-0.1, -0.05) is 92.2 Å². The molecule has 272 valence electrons. The number of likely N-dealkylation sites (tertiary alicyclic amines) is 1. The maximum absolute atomic E-state index is 13.7. The first-order chi connectivity index (χ1) is 25.0. The molecule has 0 unspecified atom stereocenters. The van der Waals surface area contributed by atoms with Crippen molar-refractivity contribution in [2.75, 3.05) is 13.1 Å². The summed E-state index contributed by atoms with van der Waals surface area (Å²) in [5, 5.41) is 0. The molecule has 8 nitrogen and oxygen atoms in total. The lowest BCUT2D eigenvalue weighted by Crippen LogP contribution is -2.56. The van der Waals surface area contributed by atoms with E-state index < -0.39 is 17.5 Å². The van der Waals surface area contributed by atoms with Gasteiger partial charge in [0.15, 0.2) is 5.82 Å². The predicted octanol–water partition coefficient (Wildman–Crippen LogP) is 8.59. The Morgan fingerprint density at radius 3 is 2.04 bits per heavy atom. The molecule has 0 N–H and O–H groups in total. The van der Waals surface area contributed by atoms with E-state index in [0.717, 1.165) is 33.7 Å². The molecule has 1 saturated carbocycles. The molecule has 2 aliphatic rings. The molecule has 1 saturated heterocycles. The minimum Gasteiger partial charge on any atom is -0.461 e. The molecule has 0 spiro atoms. The summed E-state index contributed by atoms with van der Waals surface area (Å²) in [4.78, 5) is 50.2. The standard InChI is InChI=1S/C44H51N3O5/c1-5-30-11-15-33(16-12-30)34-19-21-35(22-20-34)38-25-45-41(46-26-38)36-17-13-31(14-18-36)23-37(24-40(48)51-29-32-9-7-6-8-10-32)42(49)47-27-39(28-47)43(50)52-44(2,3)4/h6-10,13-14,17-22,25-26,30,33,37,39H,5,11-12,15-16,23-24,27-29H2,1-4H3/t30?,33?,37-/m1/s1. The minimum atomic E-state index is -0.637. The first-order valence-electron chi connectivity index (χ1n) is 18.8. The molecule has 1 aliphatic heterocycles. The third-order valence-electron chi connectivity index (χ3n) is 10.4. The van der Waals surface area contributed by atoms with Gasteiger partial charge in [0, 0.05) is 36.6 Å². The Morgan fingerprint density at radius 2 is 1.42 bits per heavy atom. The largest absolute Gasteiger partial charge is 0.461 e. The van der Waals surface area contributed by atoms with Gasteiger partial charge in [-0.3, -0.25) is 14.4 Å². The molecule has 2 heterocycles. The van der Waals surface area contributed by atoms with Gasteiger partial charge in [0.1, 0.15) is 12.2 Å². The van der Waals surface area contributed by atoms with E-state index in [-0.39, 0.29) is 43.9 Å². The minimum absolute atomic E-state index is 0.0629. The molecular weight excluding hydrogens is 650 g/mol. The van der Waals surface area contributed by atoms with Gasteiger partial charge in [0.2, 0.25) is 5.91 Å². The molecule has 2 fully saturated rings. The fourth-order valence-electron chi connectivity index (χ4n) is 7.25. The van der Waals surface area contributed by atoms with E-state index in [1.807, 2.05) is 87.8 Å². The lowest BCUT2D eigenvalue weighted by molar-refractivity contribution is -0.169. The van der Waals surface area contributed by atoms with Crippen molar-refractivity contribution in [1.29, 1.82) is 0 Å². The van der Waals surface area contributed by atoms with E-state index in [1.165, 1.54) is 37.7 Å². The van der Waals surface area contributed by atoms with Crippen LogP contribution in [0.15, 0.2) is 91.3 Å². The first-order valence-corrected chi connectivity index (χ1v) is 18.8. The number of esters is 2. The average Bonchev–Trinajstić information content (AvgIpc) is 3.13. The normalized spacial score (nSPS) is 18.3. The van der Waals surface area contributed by atoms with E-state index >= 15 is 0 Å². The first kappa shape index (κ1) is 36.9. The van der Waals surface area contributed by atoms with Crippen LogP contribution in [0.5, 0.6) is 0 Å². The van der Waals surface area contributed by atoms with Crippen LogP contribution in [0.25, 0.3) is 22.5 Å². The van der Waals surface area contributed by atoms with Crippen LogP contribution >= 0.6 is 0 Å². The second kappa shape index (κ2) is 16.7. The summed E-state index contributed by atoms with van der Waals surface area (Å²) in [5.41, 5.74) is 5.56. The van der Waals surface area contributed by atoms with Gasteiger partial charge in [-0.05, 0) is 87.0 Å². The van der Waals surface area contributed by atoms with E-state index in [0.29, 0.717) is 18.2 Å². The molecule has 0 bridgehead atoms. The molecule has 52 heavy (non-hydrogen) atoms. The van der Waals surface area contributed by atoms with Crippen LogP contribution in [0.4, 0.5) is 0 Å². The van der Waals surface area contributed by atoms with Gasteiger partial charge < -0.3 is 14.4 Å². The van der Waals surface area contributed by atoms with Crippen LogP contribution in [0, 0.1) is 17.8 Å². The molecule has 3 aromatic carbocycles. The van der Waals surface area contributed by atoms with Gasteiger partial charge in [-0.15, -0.1) is 0 Å². The van der Waals surface area contributed by atoms with Crippen molar-refractivity contribution in [2.45, 2.75) is 90.8 Å². The monoisotopic (exact) mass is 701 g/mol. The van der Waals surface area contributed by atoms with Crippen molar-refractivity contribution in [1.82, 2.24) is 14.9 Å². The smallest absolute Gasteiger partial charge is 0.313 e. The maximum atomic E-state index is 13.7. The van der Waals surface area contributed by atoms with E-state index in [1.54, 1.807) is 4.90 Å². The number of nitrogens with zero attached hydrogens (tertiary/aromatic N) is 3. The van der Waals surface area contributed by atoms with Crippen LogP contribution in [0.2, 0.25) is 0 Å². The van der Waals surface area contributed by atoms with Crippen molar-refractivity contribution in [3.05, 3.63) is 108 Å². The molecular formula is C44H51N3O5. The summed E-state index contributed by atoms with van der Waals surface area (Å²) in [6, 6.07) is 26.2. The summed E-state index contributed by atoms with van der Waals surface area (Å²) in [6.45, 7) is 8.48. The quantitative estimate of drug-likeness (QED) is 0.137. The summed E-state index contributed by atoms with van der Waals surface area (Å²) in [7, 11) is 0. The third kappa shape index (κ3) is 9.72. The second-order valence-corrected chi connectivity index (χ2v) is 15.5. The number of hydrogen-bond donors (Lipinski definition) is 0. The van der Waals surface area contributed by atoms with E-state index in [2.05, 4.69) is 41.2 Å². The fraction of sp³-hybridized carbons (Fsp3) is 0.432. The zero-order valence-electron chi connectivity index (χ0n) is 30.9. The van der Waals surface area contributed by atoms with Gasteiger partial charge in [0.05, 0.1) is 18.3 Å². The Hall–Kier alpha value is -4.85. The van der Waals surface area contributed by atoms with Crippen molar-refractivity contribution >= 4 is 17.8 Å². The summed E-state index contributed by atoms with van der Waals surface area (Å²) in [5.74, 6) is 0.247. The van der Waals surface area contributed by atoms with E-state index in [9.17, 15) is 14.4 Å². The van der Waals surface area contributed by atoms with E-state index in [4.69, 9.17) is 9.47 Å². The highest BCUT2D eigenvalue weighted by Gasteiger charge is 2.41. The van der Waals surface area contributed by atoms with Crippen molar-refractivity contribution in [3.63, 3.8) is 0 Å². The molecule has 1 atom stereocenters. The highest BCUT2D eigenvalue weighted by molar-refractivity contribution is 5.86. The summed E-state index contributed by atoms with van der Waals surface area (Å²) in [6.07, 6.45) is 10.5. The lowest BCUT2D eigenvalue weighted by atomic mass is 9.78. The van der Waals surface area contributed by atoms with Crippen molar-refractivity contribution in [2.24, 2.45) is 17.8 Å². The summed E-state index contributed by atoms with van der Waals surface area (Å²) >= 11 is 0. The number of amides is 1. The number of carbonyl (C=O) groups excluding carboxylic acids is 3. The summed E-state index contributed by atoms with van der Waals surface area (Å²) < 4.78 is 11.1. The van der Waals surface area contributed by atoms with Gasteiger partial charge in [-0.2, -0.15) is 0 Å². The Kier molecular flexibility index (Phi) is 11.8. The Balaban J connectivity index is 1.08. The third-order valence-corrected chi connectivity index (χ3v) is 10.4. The molecule has 0 radical (unpaired) electrons. The topological polar surface area (TPSA) is 98.7 Å². The van der Waals surface area contributed by atoms with Crippen molar-refractivity contribution < 1.29 is 23.9 Å². The van der Waals surface area contributed by atoms with Gasteiger partial charge >= 0.3 is 11.9 Å². The lowest BCUT2D eigenvalue weighted by Gasteiger charge is -2.40. The van der Waals surface area contributed by atoms with Crippen LogP contribution in [-0.2, 0) is 36.9 Å². The number of benzene rings is 3. The zero-order chi connectivity index (χ0) is 36.7. The van der Waals surface area contributed by atoms with Gasteiger partial charge in [0.25, 0.3) is 0 Å². The molecule has 1 amide bonds. The maximum Gasteiger partial charge on any atom is 0.313 e. The number of ether oxygens (including phenoxy) is 2. The zero-order valence-corrected chi connectivity index (χ0v) is 30.9. The van der Waals surface area contributed by atoms with Crippen molar-refractivity contribution in [3.8, 4) is 22.5 Å². The average molecular weight is 702 g/mol. The van der Waals surface area contributed by atoms with Crippen LogP contribution < -0.4 is 0 Å². The number of hydrogen-bond acceptors (Lipinski definition) is 7. The van der Waals surface area contributed by atoms with Crippen LogP contribution in [0.1, 0.15) is 88.8 Å². The Bertz CT molecular complexity index is 1790. The molecule has 6 rings (SSSR count). The Labute approximate surface area is 308 Å². The molecule has 8 heteroatoms. The predicted molar refractivity (Wildman–Crippen MR) is 202 cm³/mol. The van der Waals surface area contributed by atoms with Crippen LogP contribution in [-0.4, -0.2) is 51.4 Å². The number of aromatic nitrogens is 2. The second-order valence-electron chi connectivity index (χ2n) is 15.5.